The highest BCUT2D eigenvalue weighted by molar-refractivity contribution is 8.93. The van der Waals surface area contributed by atoms with E-state index in [0.717, 1.165) is 19.4 Å². The third-order valence-electron chi connectivity index (χ3n) is 1.89. The Balaban J connectivity index is 0.00000169. The normalized spacial score (nSPS) is 9.21. The predicted octanol–water partition coefficient (Wildman–Crippen LogP) is 1.04. The number of hydrogen-bond acceptors (Lipinski definition) is 2. The number of nitrogens with zero attached hydrogens (tertiary/aromatic N) is 1. The minimum atomic E-state index is -0.620. The van der Waals surface area contributed by atoms with Crippen LogP contribution in [0.3, 0.4) is 0 Å². The molecule has 0 fully saturated rings. The second-order valence-electron chi connectivity index (χ2n) is 3.01. The first-order chi connectivity index (χ1) is 6.24. The Morgan fingerprint density at radius 3 is 2.86 bits per heavy atom. The zero-order valence-corrected chi connectivity index (χ0v) is 9.91. The lowest BCUT2D eigenvalue weighted by Crippen LogP contribution is -2.34. The predicted molar refractivity (Wildman–Crippen MR) is 58.7 cm³/mol. The maximum absolute atomic E-state index is 10.7. The van der Waals surface area contributed by atoms with E-state index in [4.69, 9.17) is 5.41 Å². The smallest absolute Gasteiger partial charge is 0.176 e. The summed E-state index contributed by atoms with van der Waals surface area (Å²) in [7, 11) is 0. The van der Waals surface area contributed by atoms with Gasteiger partial charge in [-0.1, -0.05) is 13.3 Å². The van der Waals surface area contributed by atoms with Gasteiger partial charge in [0.15, 0.2) is 12.4 Å². The molecule has 0 saturated carbocycles. The van der Waals surface area contributed by atoms with Gasteiger partial charge in [-0.3, -0.25) is 0 Å². The maximum atomic E-state index is 10.7. The summed E-state index contributed by atoms with van der Waals surface area (Å²) >= 11 is 0. The number of aromatic nitrogens is 1. The van der Waals surface area contributed by atoms with Crippen LogP contribution in [0.4, 0.5) is 0 Å². The Bertz CT molecular complexity index is 302. The molecule has 0 amide bonds. The molecule has 1 aromatic rings. The summed E-state index contributed by atoms with van der Waals surface area (Å²) in [6.45, 7) is 3.04. The van der Waals surface area contributed by atoms with E-state index in [1.54, 1.807) is 18.3 Å². The molecule has 3 nitrogen and oxygen atoms in total. The molecule has 0 aliphatic rings. The van der Waals surface area contributed by atoms with Crippen LogP contribution in [-0.2, 0) is 6.54 Å². The third-order valence-corrected chi connectivity index (χ3v) is 1.89. The van der Waals surface area contributed by atoms with Crippen LogP contribution in [0.25, 0.3) is 0 Å². The molecule has 1 N–H and O–H groups in total. The van der Waals surface area contributed by atoms with Crippen molar-refractivity contribution in [3.8, 4) is 0 Å². The van der Waals surface area contributed by atoms with Gasteiger partial charge in [-0.05, 0) is 12.0 Å². The summed E-state index contributed by atoms with van der Waals surface area (Å²) < 4.78 is 1.95. The minimum Gasteiger partial charge on any atom is -0.859 e. The van der Waals surface area contributed by atoms with Crippen LogP contribution in [0.5, 0.6) is 0 Å². The molecule has 0 aromatic carbocycles. The first kappa shape index (κ1) is 13.1. The van der Waals surface area contributed by atoms with Gasteiger partial charge in [-0.25, -0.2) is 4.57 Å². The minimum absolute atomic E-state index is 0. The van der Waals surface area contributed by atoms with E-state index < -0.39 is 5.90 Å². The summed E-state index contributed by atoms with van der Waals surface area (Å²) in [6.07, 6.45) is 5.87. The molecule has 0 bridgehead atoms. The van der Waals surface area contributed by atoms with Gasteiger partial charge in [0.05, 0.1) is 0 Å². The average Bonchev–Trinajstić information content (AvgIpc) is 2.15. The second-order valence-corrected chi connectivity index (χ2v) is 3.01. The van der Waals surface area contributed by atoms with Gasteiger partial charge in [-0.2, -0.15) is 0 Å². The molecule has 4 heteroatoms. The number of halogens is 1. The topological polar surface area (TPSA) is 50.8 Å². The van der Waals surface area contributed by atoms with Crippen molar-refractivity contribution >= 4 is 22.9 Å². The first-order valence-corrected chi connectivity index (χ1v) is 4.49. The van der Waals surface area contributed by atoms with Crippen molar-refractivity contribution in [3.05, 3.63) is 30.1 Å². The molecule has 0 aliphatic heterocycles. The van der Waals surface area contributed by atoms with Crippen LogP contribution in [0.1, 0.15) is 25.3 Å². The molecule has 1 rings (SSSR count). The van der Waals surface area contributed by atoms with Crippen LogP contribution in [0.15, 0.2) is 24.5 Å². The fourth-order valence-corrected chi connectivity index (χ4v) is 1.14. The molecular weight excluding hydrogens is 244 g/mol. The van der Waals surface area contributed by atoms with Crippen molar-refractivity contribution in [3.63, 3.8) is 0 Å². The Labute approximate surface area is 94.7 Å². The van der Waals surface area contributed by atoms with Crippen molar-refractivity contribution < 1.29 is 9.67 Å². The lowest BCUT2D eigenvalue weighted by atomic mass is 10.2. The first-order valence-electron chi connectivity index (χ1n) is 4.49. The van der Waals surface area contributed by atoms with Crippen molar-refractivity contribution in [2.45, 2.75) is 26.3 Å². The van der Waals surface area contributed by atoms with Crippen LogP contribution in [0.2, 0.25) is 0 Å². The van der Waals surface area contributed by atoms with Gasteiger partial charge in [0.25, 0.3) is 0 Å². The Morgan fingerprint density at radius 2 is 2.29 bits per heavy atom. The van der Waals surface area contributed by atoms with Crippen molar-refractivity contribution in [2.75, 3.05) is 0 Å². The third kappa shape index (κ3) is 3.87. The Hall–Kier alpha value is -0.900. The molecule has 0 unspecified atom stereocenters. The number of rotatable bonds is 4. The summed E-state index contributed by atoms with van der Waals surface area (Å²) in [4.78, 5) is 0. The van der Waals surface area contributed by atoms with E-state index in [2.05, 4.69) is 6.92 Å². The van der Waals surface area contributed by atoms with Gasteiger partial charge in [0.1, 0.15) is 6.54 Å². The number of nitrogens with one attached hydrogen (secondary N) is 1. The van der Waals surface area contributed by atoms with E-state index in [1.165, 1.54) is 0 Å². The van der Waals surface area contributed by atoms with Crippen molar-refractivity contribution in [1.29, 1.82) is 5.41 Å². The van der Waals surface area contributed by atoms with E-state index in [9.17, 15) is 5.11 Å². The molecule has 0 saturated heterocycles. The van der Waals surface area contributed by atoms with Crippen LogP contribution < -0.4 is 9.67 Å². The molecule has 0 atom stereocenters. The lowest BCUT2D eigenvalue weighted by Gasteiger charge is -2.04. The van der Waals surface area contributed by atoms with Crippen LogP contribution >= 0.6 is 17.0 Å². The highest BCUT2D eigenvalue weighted by Crippen LogP contribution is 1.93. The van der Waals surface area contributed by atoms with E-state index in [1.807, 2.05) is 10.8 Å². The fraction of sp³-hybridized carbons (Fsp3) is 0.400. The Kier molecular flexibility index (Phi) is 6.12. The molecule has 1 aromatic heterocycles. The fourth-order valence-electron chi connectivity index (χ4n) is 1.14. The summed E-state index contributed by atoms with van der Waals surface area (Å²) in [6, 6.07) is 3.47. The summed E-state index contributed by atoms with van der Waals surface area (Å²) in [5.74, 6) is -0.620. The zero-order valence-electron chi connectivity index (χ0n) is 8.19. The average molecular weight is 259 g/mol. The van der Waals surface area contributed by atoms with E-state index >= 15 is 0 Å². The molecular formula is C10H15BrN2O. The standard InChI is InChI=1S/C10H14N2O.BrH/c1-2-3-6-12-7-4-5-9(8-12)10(11)13;/h4-5,7-8H,2-3,6H2,1H3,(H-,11,13);1H. The number of pyridine rings is 1. The maximum Gasteiger partial charge on any atom is 0.176 e. The highest BCUT2D eigenvalue weighted by atomic mass is 79.9. The molecule has 14 heavy (non-hydrogen) atoms. The summed E-state index contributed by atoms with van der Waals surface area (Å²) in [5.41, 5.74) is 0.457. The summed E-state index contributed by atoms with van der Waals surface area (Å²) in [5, 5.41) is 17.7. The van der Waals surface area contributed by atoms with Crippen molar-refractivity contribution in [1.82, 2.24) is 0 Å². The second kappa shape index (κ2) is 6.54. The van der Waals surface area contributed by atoms with Crippen LogP contribution in [-0.4, -0.2) is 5.90 Å². The van der Waals surface area contributed by atoms with E-state index in [-0.39, 0.29) is 17.0 Å². The van der Waals surface area contributed by atoms with Crippen molar-refractivity contribution in [2.24, 2.45) is 0 Å². The monoisotopic (exact) mass is 258 g/mol. The highest BCUT2D eigenvalue weighted by Gasteiger charge is 2.00. The quantitative estimate of drug-likeness (QED) is 0.490. The molecule has 0 spiro atoms. The van der Waals surface area contributed by atoms with Gasteiger partial charge in [0.2, 0.25) is 0 Å². The number of aryl methyl sites for hydroxylation is 1. The SMILES string of the molecule is Br.CCCC[n+]1cccc(C(=N)[O-])c1. The van der Waals surface area contributed by atoms with Gasteiger partial charge >= 0.3 is 0 Å². The number of hydrogen-bond donors (Lipinski definition) is 1. The van der Waals surface area contributed by atoms with Crippen LogP contribution in [0, 0.1) is 5.41 Å². The zero-order chi connectivity index (χ0) is 9.68. The van der Waals surface area contributed by atoms with Gasteiger partial charge in [0, 0.05) is 18.1 Å². The van der Waals surface area contributed by atoms with E-state index in [0.29, 0.717) is 5.56 Å². The largest absolute Gasteiger partial charge is 0.859 e. The lowest BCUT2D eigenvalue weighted by molar-refractivity contribution is -0.697. The number of unbranched alkanes of at least 4 members (excludes halogenated alkanes) is 1. The van der Waals surface area contributed by atoms with Gasteiger partial charge in [-0.15, -0.1) is 17.0 Å². The molecule has 1 heterocycles. The van der Waals surface area contributed by atoms with Gasteiger partial charge < -0.3 is 10.5 Å². The molecule has 78 valence electrons. The molecule has 0 aliphatic carbocycles. The Morgan fingerprint density at radius 1 is 1.57 bits per heavy atom. The molecule has 0 radical (unpaired) electrons.